The molecule has 2 rings (SSSR count). The third kappa shape index (κ3) is 3.03. The van der Waals surface area contributed by atoms with E-state index in [4.69, 9.17) is 5.73 Å². The van der Waals surface area contributed by atoms with Crippen molar-refractivity contribution in [2.24, 2.45) is 11.7 Å². The Morgan fingerprint density at radius 2 is 2.27 bits per heavy atom. The van der Waals surface area contributed by atoms with Crippen molar-refractivity contribution in [1.29, 1.82) is 0 Å². The van der Waals surface area contributed by atoms with Gasteiger partial charge in [-0.15, -0.1) is 11.3 Å². The highest BCUT2D eigenvalue weighted by molar-refractivity contribution is 7.12. The molecule has 0 amide bonds. The molecule has 0 radical (unpaired) electrons. The molecule has 1 aliphatic carbocycles. The van der Waals surface area contributed by atoms with Crippen molar-refractivity contribution in [2.45, 2.75) is 32.9 Å². The van der Waals surface area contributed by atoms with E-state index in [1.807, 2.05) is 11.3 Å². The van der Waals surface area contributed by atoms with Crippen molar-refractivity contribution in [3.8, 4) is 0 Å². The second-order valence-electron chi connectivity index (χ2n) is 4.64. The Morgan fingerprint density at radius 1 is 1.53 bits per heavy atom. The van der Waals surface area contributed by atoms with Crippen molar-refractivity contribution in [2.75, 3.05) is 13.6 Å². The Hall–Kier alpha value is -0.380. The van der Waals surface area contributed by atoms with E-state index >= 15 is 0 Å². The van der Waals surface area contributed by atoms with Crippen LogP contribution in [0.3, 0.4) is 0 Å². The Kier molecular flexibility index (Phi) is 3.44. The van der Waals surface area contributed by atoms with E-state index in [-0.39, 0.29) is 0 Å². The van der Waals surface area contributed by atoms with Crippen molar-refractivity contribution in [3.05, 3.63) is 21.4 Å². The van der Waals surface area contributed by atoms with Crippen LogP contribution in [0.5, 0.6) is 0 Å². The molecule has 0 spiro atoms. The molecule has 0 aliphatic heterocycles. The lowest BCUT2D eigenvalue weighted by molar-refractivity contribution is 0.313. The van der Waals surface area contributed by atoms with Crippen LogP contribution in [0.1, 0.15) is 28.2 Å². The smallest absolute Gasteiger partial charge is 0.0274 e. The van der Waals surface area contributed by atoms with Crippen LogP contribution in [0.2, 0.25) is 0 Å². The summed E-state index contributed by atoms with van der Waals surface area (Å²) in [6.07, 6.45) is 2.86. The summed E-state index contributed by atoms with van der Waals surface area (Å²) >= 11 is 1.84. The van der Waals surface area contributed by atoms with E-state index in [1.54, 1.807) is 0 Å². The first-order chi connectivity index (χ1) is 7.19. The second-order valence-corrected chi connectivity index (χ2v) is 5.98. The number of hydrogen-bond donors (Lipinski definition) is 1. The fourth-order valence-corrected chi connectivity index (χ4v) is 2.87. The van der Waals surface area contributed by atoms with Crippen LogP contribution >= 0.6 is 11.3 Å². The number of rotatable bonds is 5. The van der Waals surface area contributed by atoms with E-state index in [2.05, 4.69) is 24.9 Å². The van der Waals surface area contributed by atoms with Gasteiger partial charge in [-0.3, -0.25) is 0 Å². The number of nitrogens with two attached hydrogens (primary N) is 1. The predicted molar refractivity (Wildman–Crippen MR) is 66.0 cm³/mol. The summed E-state index contributed by atoms with van der Waals surface area (Å²) in [5.74, 6) is 0.975. The van der Waals surface area contributed by atoms with E-state index in [1.165, 1.54) is 34.7 Å². The molecule has 0 unspecified atom stereocenters. The molecule has 1 aromatic rings. The topological polar surface area (TPSA) is 29.3 Å². The average molecular weight is 224 g/mol. The van der Waals surface area contributed by atoms with Crippen LogP contribution in [0.15, 0.2) is 6.07 Å². The highest BCUT2D eigenvalue weighted by Gasteiger charge is 2.22. The zero-order valence-electron chi connectivity index (χ0n) is 9.62. The first-order valence-corrected chi connectivity index (χ1v) is 6.47. The Balaban J connectivity index is 1.92. The Labute approximate surface area is 96.1 Å². The van der Waals surface area contributed by atoms with Gasteiger partial charge in [-0.05, 0) is 44.4 Å². The second kappa shape index (κ2) is 4.64. The molecule has 1 aliphatic rings. The maximum atomic E-state index is 5.65. The standard InChI is InChI=1S/C12H20N2S/c1-9-11(5-12(6-13)15-9)8-14(2)7-10-3-4-10/h5,10H,3-4,6-8,13H2,1-2H3. The first-order valence-electron chi connectivity index (χ1n) is 5.66. The molecule has 1 saturated carbocycles. The lowest BCUT2D eigenvalue weighted by Gasteiger charge is -2.15. The summed E-state index contributed by atoms with van der Waals surface area (Å²) in [6, 6.07) is 2.27. The summed E-state index contributed by atoms with van der Waals surface area (Å²) in [6.45, 7) is 5.22. The molecule has 1 fully saturated rings. The van der Waals surface area contributed by atoms with Gasteiger partial charge in [0.1, 0.15) is 0 Å². The van der Waals surface area contributed by atoms with Gasteiger partial charge < -0.3 is 10.6 Å². The van der Waals surface area contributed by atoms with Gasteiger partial charge in [0.2, 0.25) is 0 Å². The molecule has 84 valence electrons. The molecule has 0 aromatic carbocycles. The molecule has 2 nitrogen and oxygen atoms in total. The van der Waals surface area contributed by atoms with Crippen LogP contribution in [-0.2, 0) is 13.1 Å². The lowest BCUT2D eigenvalue weighted by atomic mass is 10.2. The van der Waals surface area contributed by atoms with E-state index in [0.29, 0.717) is 6.54 Å². The zero-order chi connectivity index (χ0) is 10.8. The summed E-state index contributed by atoms with van der Waals surface area (Å²) in [5, 5.41) is 0. The molecule has 1 heterocycles. The van der Waals surface area contributed by atoms with Crippen molar-refractivity contribution >= 4 is 11.3 Å². The molecular formula is C12H20N2S. The normalized spacial score (nSPS) is 16.3. The van der Waals surface area contributed by atoms with Crippen LogP contribution in [0, 0.1) is 12.8 Å². The van der Waals surface area contributed by atoms with Gasteiger partial charge in [0.25, 0.3) is 0 Å². The summed E-state index contributed by atoms with van der Waals surface area (Å²) in [5.41, 5.74) is 7.11. The fraction of sp³-hybridized carbons (Fsp3) is 0.667. The molecule has 3 heteroatoms. The summed E-state index contributed by atoms with van der Waals surface area (Å²) < 4.78 is 0. The number of aryl methyl sites for hydroxylation is 1. The molecule has 0 saturated heterocycles. The SMILES string of the molecule is Cc1sc(CN)cc1CN(C)CC1CC1. The fourth-order valence-electron chi connectivity index (χ4n) is 1.94. The van der Waals surface area contributed by atoms with Crippen molar-refractivity contribution in [3.63, 3.8) is 0 Å². The first kappa shape index (κ1) is 11.1. The van der Waals surface area contributed by atoms with Crippen LogP contribution in [-0.4, -0.2) is 18.5 Å². The quantitative estimate of drug-likeness (QED) is 0.832. The highest BCUT2D eigenvalue weighted by Crippen LogP contribution is 2.30. The number of hydrogen-bond acceptors (Lipinski definition) is 3. The molecule has 15 heavy (non-hydrogen) atoms. The summed E-state index contributed by atoms with van der Waals surface area (Å²) in [4.78, 5) is 5.17. The van der Waals surface area contributed by atoms with Gasteiger partial charge in [0, 0.05) is 29.4 Å². The molecule has 0 bridgehead atoms. The predicted octanol–water partition coefficient (Wildman–Crippen LogP) is 2.36. The highest BCUT2D eigenvalue weighted by atomic mass is 32.1. The van der Waals surface area contributed by atoms with E-state index in [0.717, 1.165) is 12.5 Å². The van der Waals surface area contributed by atoms with Gasteiger partial charge in [-0.2, -0.15) is 0 Å². The minimum Gasteiger partial charge on any atom is -0.326 e. The third-order valence-corrected chi connectivity index (χ3v) is 4.09. The Bertz CT molecular complexity index is 328. The maximum Gasteiger partial charge on any atom is 0.0274 e. The third-order valence-electron chi connectivity index (χ3n) is 2.98. The van der Waals surface area contributed by atoms with Gasteiger partial charge in [0.15, 0.2) is 0 Å². The van der Waals surface area contributed by atoms with Crippen LogP contribution in [0.4, 0.5) is 0 Å². The zero-order valence-corrected chi connectivity index (χ0v) is 10.4. The van der Waals surface area contributed by atoms with Gasteiger partial charge in [-0.25, -0.2) is 0 Å². The molecule has 1 aromatic heterocycles. The summed E-state index contributed by atoms with van der Waals surface area (Å²) in [7, 11) is 2.22. The maximum absolute atomic E-state index is 5.65. The largest absolute Gasteiger partial charge is 0.326 e. The molecule has 0 atom stereocenters. The van der Waals surface area contributed by atoms with Gasteiger partial charge in [-0.1, -0.05) is 0 Å². The minimum absolute atomic E-state index is 0.678. The monoisotopic (exact) mass is 224 g/mol. The minimum atomic E-state index is 0.678. The van der Waals surface area contributed by atoms with Crippen LogP contribution in [0.25, 0.3) is 0 Å². The van der Waals surface area contributed by atoms with Gasteiger partial charge in [0.05, 0.1) is 0 Å². The number of thiophene rings is 1. The molecule has 2 N–H and O–H groups in total. The lowest BCUT2D eigenvalue weighted by Crippen LogP contribution is -2.20. The Morgan fingerprint density at radius 3 is 2.80 bits per heavy atom. The number of nitrogens with zero attached hydrogens (tertiary/aromatic N) is 1. The van der Waals surface area contributed by atoms with E-state index < -0.39 is 0 Å². The van der Waals surface area contributed by atoms with Gasteiger partial charge >= 0.3 is 0 Å². The van der Waals surface area contributed by atoms with Crippen molar-refractivity contribution in [1.82, 2.24) is 4.90 Å². The van der Waals surface area contributed by atoms with Crippen LogP contribution < -0.4 is 5.73 Å². The average Bonchev–Trinajstić information content (AvgIpc) is 2.92. The van der Waals surface area contributed by atoms with E-state index in [9.17, 15) is 0 Å². The molecular weight excluding hydrogens is 204 g/mol. The van der Waals surface area contributed by atoms with Crippen molar-refractivity contribution < 1.29 is 0 Å².